The number of carboxylic acids is 1. The molecule has 1 fully saturated rings. The molecule has 2 N–H and O–H groups in total. The highest BCUT2D eigenvalue weighted by Crippen LogP contribution is 2.30. The van der Waals surface area contributed by atoms with Crippen LogP contribution in [0.4, 0.5) is 0 Å². The van der Waals surface area contributed by atoms with Gasteiger partial charge >= 0.3 is 5.97 Å². The Morgan fingerprint density at radius 2 is 2.00 bits per heavy atom. The number of aliphatic carboxylic acids is 1. The average molecular weight is 291 g/mol. The Morgan fingerprint density at radius 3 is 2.67 bits per heavy atom. The molecule has 0 saturated heterocycles. The number of carboxylic acid groups (broad SMARTS) is 1. The number of nitrogens with one attached hydrogen (secondary N) is 1. The van der Waals surface area contributed by atoms with E-state index >= 15 is 0 Å². The van der Waals surface area contributed by atoms with Gasteiger partial charge in [0.1, 0.15) is 5.75 Å². The summed E-state index contributed by atoms with van der Waals surface area (Å²) >= 11 is 0. The summed E-state index contributed by atoms with van der Waals surface area (Å²) < 4.78 is 5.14. The van der Waals surface area contributed by atoms with Gasteiger partial charge in [0.05, 0.1) is 18.9 Å². The lowest BCUT2D eigenvalue weighted by atomic mass is 9.78. The van der Waals surface area contributed by atoms with Gasteiger partial charge in [-0.25, -0.2) is 0 Å². The first-order valence-electron chi connectivity index (χ1n) is 7.25. The summed E-state index contributed by atoms with van der Waals surface area (Å²) in [4.78, 5) is 23.5. The molecule has 0 spiro atoms. The highest BCUT2D eigenvalue weighted by atomic mass is 16.5. The van der Waals surface area contributed by atoms with Crippen LogP contribution >= 0.6 is 0 Å². The third-order valence-electron chi connectivity index (χ3n) is 4.02. The van der Waals surface area contributed by atoms with Gasteiger partial charge in [0.2, 0.25) is 5.91 Å². The topological polar surface area (TPSA) is 75.6 Å². The zero-order chi connectivity index (χ0) is 15.2. The lowest BCUT2D eigenvalue weighted by Gasteiger charge is -2.27. The van der Waals surface area contributed by atoms with E-state index in [1.54, 1.807) is 7.11 Å². The van der Waals surface area contributed by atoms with Gasteiger partial charge in [-0.2, -0.15) is 0 Å². The number of rotatable bonds is 5. The molecule has 0 aliphatic heterocycles. The third-order valence-corrected chi connectivity index (χ3v) is 4.02. The van der Waals surface area contributed by atoms with Crippen LogP contribution in [0.1, 0.15) is 31.2 Å². The minimum Gasteiger partial charge on any atom is -0.497 e. The Bertz CT molecular complexity index is 515. The summed E-state index contributed by atoms with van der Waals surface area (Å²) in [7, 11) is 1.59. The number of carbonyl (C=O) groups excluding carboxylic acids is 1. The van der Waals surface area contributed by atoms with Crippen molar-refractivity contribution in [1.82, 2.24) is 5.32 Å². The fourth-order valence-corrected chi connectivity index (χ4v) is 2.84. The lowest BCUT2D eigenvalue weighted by molar-refractivity contribution is -0.148. The molecule has 114 valence electrons. The van der Waals surface area contributed by atoms with Crippen LogP contribution in [0.25, 0.3) is 0 Å². The molecule has 5 nitrogen and oxygen atoms in total. The van der Waals surface area contributed by atoms with E-state index in [9.17, 15) is 14.7 Å². The van der Waals surface area contributed by atoms with E-state index in [0.29, 0.717) is 19.4 Å². The van der Waals surface area contributed by atoms with Gasteiger partial charge in [-0.1, -0.05) is 25.0 Å². The molecular formula is C16H21NO4. The van der Waals surface area contributed by atoms with Gasteiger partial charge in [0.15, 0.2) is 0 Å². The van der Waals surface area contributed by atoms with Crippen molar-refractivity contribution in [3.8, 4) is 5.75 Å². The van der Waals surface area contributed by atoms with Crippen molar-refractivity contribution in [2.75, 3.05) is 7.11 Å². The number of amides is 1. The fourth-order valence-electron chi connectivity index (χ4n) is 2.84. The van der Waals surface area contributed by atoms with Crippen LogP contribution in [0.2, 0.25) is 0 Å². The molecule has 2 unspecified atom stereocenters. The predicted molar refractivity (Wildman–Crippen MR) is 77.9 cm³/mol. The third kappa shape index (κ3) is 3.97. The summed E-state index contributed by atoms with van der Waals surface area (Å²) in [5.74, 6) is -1.25. The number of hydrogen-bond donors (Lipinski definition) is 2. The highest BCUT2D eigenvalue weighted by molar-refractivity contribution is 5.84. The fraction of sp³-hybridized carbons (Fsp3) is 0.500. The molecule has 21 heavy (non-hydrogen) atoms. The summed E-state index contributed by atoms with van der Waals surface area (Å²) in [5, 5.41) is 12.1. The molecule has 1 saturated carbocycles. The molecule has 2 atom stereocenters. The molecule has 5 heteroatoms. The van der Waals surface area contributed by atoms with Gasteiger partial charge in [-0.3, -0.25) is 9.59 Å². The first kappa shape index (κ1) is 15.4. The highest BCUT2D eigenvalue weighted by Gasteiger charge is 2.35. The zero-order valence-corrected chi connectivity index (χ0v) is 12.2. The lowest BCUT2D eigenvalue weighted by Crippen LogP contribution is -2.39. The molecule has 1 aromatic carbocycles. The van der Waals surface area contributed by atoms with Gasteiger partial charge in [-0.15, -0.1) is 0 Å². The molecule has 0 radical (unpaired) electrons. The van der Waals surface area contributed by atoms with E-state index in [1.807, 2.05) is 24.3 Å². The second kappa shape index (κ2) is 7.11. The number of benzene rings is 1. The van der Waals surface area contributed by atoms with Gasteiger partial charge in [-0.05, 0) is 30.5 Å². The van der Waals surface area contributed by atoms with Crippen molar-refractivity contribution in [3.05, 3.63) is 29.8 Å². The van der Waals surface area contributed by atoms with Crippen molar-refractivity contribution >= 4 is 11.9 Å². The zero-order valence-electron chi connectivity index (χ0n) is 12.2. The maximum Gasteiger partial charge on any atom is 0.307 e. The van der Waals surface area contributed by atoms with Crippen molar-refractivity contribution in [3.63, 3.8) is 0 Å². The predicted octanol–water partition coefficient (Wildman–Crippen LogP) is 2.20. The summed E-state index contributed by atoms with van der Waals surface area (Å²) in [5.41, 5.74) is 0.936. The maximum absolute atomic E-state index is 12.2. The largest absolute Gasteiger partial charge is 0.497 e. The average Bonchev–Trinajstić information content (AvgIpc) is 2.52. The molecule has 1 aliphatic carbocycles. The van der Waals surface area contributed by atoms with Gasteiger partial charge in [0, 0.05) is 6.54 Å². The van der Waals surface area contributed by atoms with E-state index in [0.717, 1.165) is 24.2 Å². The Hall–Kier alpha value is -2.04. The standard InChI is InChI=1S/C16H21NO4/c1-21-12-6-4-5-11(9-12)10-17-15(18)13-7-2-3-8-14(13)16(19)20/h4-6,9,13-14H,2-3,7-8,10H2,1H3,(H,17,18)(H,19,20). The van der Waals surface area contributed by atoms with Crippen LogP contribution in [-0.2, 0) is 16.1 Å². The number of ether oxygens (including phenoxy) is 1. The van der Waals surface area contributed by atoms with Crippen molar-refractivity contribution < 1.29 is 19.4 Å². The van der Waals surface area contributed by atoms with Crippen LogP contribution in [0, 0.1) is 11.8 Å². The number of hydrogen-bond acceptors (Lipinski definition) is 3. The van der Waals surface area contributed by atoms with Crippen molar-refractivity contribution in [2.24, 2.45) is 11.8 Å². The Labute approximate surface area is 124 Å². The maximum atomic E-state index is 12.2. The van der Waals surface area contributed by atoms with E-state index in [-0.39, 0.29) is 5.91 Å². The molecule has 2 rings (SSSR count). The molecular weight excluding hydrogens is 270 g/mol. The van der Waals surface area contributed by atoms with Gasteiger partial charge < -0.3 is 15.2 Å². The van der Waals surface area contributed by atoms with Crippen LogP contribution in [0.5, 0.6) is 5.75 Å². The minimum absolute atomic E-state index is 0.162. The minimum atomic E-state index is -0.865. The van der Waals surface area contributed by atoms with E-state index in [2.05, 4.69) is 5.32 Å². The Balaban J connectivity index is 1.95. The summed E-state index contributed by atoms with van der Waals surface area (Å²) in [6.45, 7) is 0.388. The molecule has 1 amide bonds. The van der Waals surface area contributed by atoms with Crippen molar-refractivity contribution in [1.29, 1.82) is 0 Å². The molecule has 0 heterocycles. The molecule has 1 aliphatic rings. The first-order valence-corrected chi connectivity index (χ1v) is 7.25. The van der Waals surface area contributed by atoms with E-state index in [1.165, 1.54) is 0 Å². The molecule has 0 bridgehead atoms. The Morgan fingerprint density at radius 1 is 1.29 bits per heavy atom. The molecule has 1 aromatic rings. The van der Waals surface area contributed by atoms with Crippen LogP contribution in [0.15, 0.2) is 24.3 Å². The smallest absolute Gasteiger partial charge is 0.307 e. The SMILES string of the molecule is COc1cccc(CNC(=O)C2CCCCC2C(=O)O)c1. The summed E-state index contributed by atoms with van der Waals surface area (Å²) in [6.07, 6.45) is 3.05. The van der Waals surface area contributed by atoms with E-state index in [4.69, 9.17) is 4.74 Å². The number of carbonyl (C=O) groups is 2. The monoisotopic (exact) mass is 291 g/mol. The van der Waals surface area contributed by atoms with Crippen molar-refractivity contribution in [2.45, 2.75) is 32.2 Å². The van der Waals surface area contributed by atoms with Crippen LogP contribution in [0.3, 0.4) is 0 Å². The van der Waals surface area contributed by atoms with Gasteiger partial charge in [0.25, 0.3) is 0 Å². The van der Waals surface area contributed by atoms with E-state index < -0.39 is 17.8 Å². The van der Waals surface area contributed by atoms with Crippen LogP contribution in [-0.4, -0.2) is 24.1 Å². The molecule has 0 aromatic heterocycles. The Kier molecular flexibility index (Phi) is 5.20. The normalized spacial score (nSPS) is 21.6. The quantitative estimate of drug-likeness (QED) is 0.872. The second-order valence-electron chi connectivity index (χ2n) is 5.41. The summed E-state index contributed by atoms with van der Waals surface area (Å²) in [6, 6.07) is 7.46. The first-order chi connectivity index (χ1) is 10.1. The van der Waals surface area contributed by atoms with Crippen LogP contribution < -0.4 is 10.1 Å². The number of methoxy groups -OCH3 is 1. The second-order valence-corrected chi connectivity index (χ2v) is 5.41.